The molecular formula is C16H15NO4. The van der Waals surface area contributed by atoms with Crippen LogP contribution in [0.5, 0.6) is 0 Å². The summed E-state index contributed by atoms with van der Waals surface area (Å²) in [6.45, 7) is 1.89. The third-order valence-corrected chi connectivity index (χ3v) is 3.51. The largest absolute Gasteiger partial charge is 0.476 e. The van der Waals surface area contributed by atoms with Crippen LogP contribution in [0.15, 0.2) is 59.7 Å². The molecule has 0 saturated carbocycles. The maximum absolute atomic E-state index is 11.1. The van der Waals surface area contributed by atoms with Gasteiger partial charge in [0, 0.05) is 11.0 Å². The molecule has 0 amide bonds. The Morgan fingerprint density at radius 2 is 2.05 bits per heavy atom. The van der Waals surface area contributed by atoms with Crippen molar-refractivity contribution in [1.29, 1.82) is 0 Å². The fraction of sp³-hybridized carbons (Fsp3) is 0.188. The summed E-state index contributed by atoms with van der Waals surface area (Å²) in [7, 11) is 0. The highest BCUT2D eigenvalue weighted by atomic mass is 16.6. The lowest BCUT2D eigenvalue weighted by Gasteiger charge is -2.19. The zero-order valence-electron chi connectivity index (χ0n) is 11.5. The van der Waals surface area contributed by atoms with Crippen LogP contribution in [-0.2, 0) is 4.79 Å². The Bertz CT molecular complexity index is 642. The molecular weight excluding hydrogens is 270 g/mol. The molecule has 0 heterocycles. The highest BCUT2D eigenvalue weighted by molar-refractivity contribution is 5.81. The van der Waals surface area contributed by atoms with Gasteiger partial charge < -0.3 is 5.11 Å². The number of carboxylic acid groups (broad SMARTS) is 1. The molecule has 0 aliphatic heterocycles. The average Bonchev–Trinajstić information content (AvgIpc) is 2.48. The van der Waals surface area contributed by atoms with Crippen molar-refractivity contribution in [1.82, 2.24) is 0 Å². The van der Waals surface area contributed by atoms with Gasteiger partial charge in [0.1, 0.15) is 0 Å². The molecule has 1 aromatic rings. The lowest BCUT2D eigenvalue weighted by atomic mass is 9.87. The van der Waals surface area contributed by atoms with E-state index in [1.807, 2.05) is 43.3 Å². The summed E-state index contributed by atoms with van der Waals surface area (Å²) >= 11 is 0. The fourth-order valence-electron chi connectivity index (χ4n) is 2.18. The zero-order chi connectivity index (χ0) is 15.5. The molecule has 0 aromatic heterocycles. The van der Waals surface area contributed by atoms with Gasteiger partial charge in [-0.15, -0.1) is 0 Å². The van der Waals surface area contributed by atoms with E-state index >= 15 is 0 Å². The molecule has 1 aliphatic carbocycles. The van der Waals surface area contributed by atoms with E-state index < -0.39 is 16.4 Å². The van der Waals surface area contributed by atoms with Crippen LogP contribution in [0.1, 0.15) is 18.9 Å². The Balaban J connectivity index is 2.25. The van der Waals surface area contributed by atoms with E-state index in [1.165, 1.54) is 6.08 Å². The number of aliphatic carboxylic acids is 1. The van der Waals surface area contributed by atoms with E-state index in [0.29, 0.717) is 0 Å². The number of hydrogen-bond donors (Lipinski definition) is 1. The molecule has 1 N–H and O–H groups in total. The Morgan fingerprint density at radius 3 is 2.52 bits per heavy atom. The van der Waals surface area contributed by atoms with Crippen LogP contribution >= 0.6 is 0 Å². The van der Waals surface area contributed by atoms with Crippen molar-refractivity contribution in [3.63, 3.8) is 0 Å². The van der Waals surface area contributed by atoms with Crippen LogP contribution in [0.3, 0.4) is 0 Å². The van der Waals surface area contributed by atoms with Gasteiger partial charge >= 0.3 is 11.5 Å². The Labute approximate surface area is 122 Å². The van der Waals surface area contributed by atoms with Crippen LogP contribution < -0.4 is 0 Å². The summed E-state index contributed by atoms with van der Waals surface area (Å²) < 4.78 is 0. The van der Waals surface area contributed by atoms with Gasteiger partial charge in [0.2, 0.25) is 0 Å². The molecule has 1 unspecified atom stereocenters. The van der Waals surface area contributed by atoms with Crippen LogP contribution in [0, 0.1) is 10.1 Å². The van der Waals surface area contributed by atoms with Gasteiger partial charge in [-0.1, -0.05) is 48.6 Å². The molecule has 1 aliphatic rings. The Kier molecular flexibility index (Phi) is 4.03. The number of nitrogens with zero attached hydrogens (tertiary/aromatic N) is 1. The third kappa shape index (κ3) is 2.91. The highest BCUT2D eigenvalue weighted by Crippen LogP contribution is 2.28. The molecule has 1 atom stereocenters. The van der Waals surface area contributed by atoms with Crippen LogP contribution in [0.4, 0.5) is 0 Å². The first kappa shape index (κ1) is 14.7. The quantitative estimate of drug-likeness (QED) is 0.681. The van der Waals surface area contributed by atoms with E-state index in [4.69, 9.17) is 5.11 Å². The van der Waals surface area contributed by atoms with Gasteiger partial charge in [-0.05, 0) is 23.6 Å². The standard InChI is InChI=1S/C16H15NO4/c1-12(11-13-5-3-2-4-6-13)14-7-9-16(10-8-14,15(18)19)17(20)21/h2-9,11H,10H2,1H3,(H,18,19). The van der Waals surface area contributed by atoms with Crippen molar-refractivity contribution in [2.24, 2.45) is 0 Å². The van der Waals surface area contributed by atoms with E-state index in [9.17, 15) is 14.9 Å². The number of allylic oxidation sites excluding steroid dienone is 3. The first-order chi connectivity index (χ1) is 9.95. The van der Waals surface area contributed by atoms with Crippen LogP contribution in [-0.4, -0.2) is 21.5 Å². The second kappa shape index (κ2) is 5.75. The molecule has 0 saturated heterocycles. The molecule has 0 fully saturated rings. The summed E-state index contributed by atoms with van der Waals surface area (Å²) in [5.74, 6) is -1.44. The van der Waals surface area contributed by atoms with Crippen molar-refractivity contribution in [3.8, 4) is 0 Å². The minimum Gasteiger partial charge on any atom is -0.476 e. The van der Waals surface area contributed by atoms with Crippen molar-refractivity contribution in [2.45, 2.75) is 18.9 Å². The fourth-order valence-corrected chi connectivity index (χ4v) is 2.18. The van der Waals surface area contributed by atoms with Crippen molar-refractivity contribution in [3.05, 3.63) is 75.4 Å². The van der Waals surface area contributed by atoms with Crippen LogP contribution in [0.2, 0.25) is 0 Å². The Morgan fingerprint density at radius 1 is 1.38 bits per heavy atom. The molecule has 5 heteroatoms. The first-order valence-electron chi connectivity index (χ1n) is 6.47. The topological polar surface area (TPSA) is 80.4 Å². The summed E-state index contributed by atoms with van der Waals surface area (Å²) in [6, 6.07) is 9.67. The number of benzene rings is 1. The van der Waals surface area contributed by atoms with Gasteiger partial charge in [0.05, 0.1) is 6.42 Å². The molecule has 21 heavy (non-hydrogen) atoms. The molecule has 5 nitrogen and oxygen atoms in total. The molecule has 2 rings (SSSR count). The number of rotatable bonds is 4. The van der Waals surface area contributed by atoms with Crippen LogP contribution in [0.25, 0.3) is 6.08 Å². The number of carboxylic acids is 1. The SMILES string of the molecule is CC(=Cc1ccccc1)C1=CCC(C(=O)O)([N+](=O)[O-])C=C1. The second-order valence-electron chi connectivity index (χ2n) is 4.92. The summed E-state index contributed by atoms with van der Waals surface area (Å²) in [4.78, 5) is 21.4. The lowest BCUT2D eigenvalue weighted by Crippen LogP contribution is -2.45. The van der Waals surface area contributed by atoms with Crippen molar-refractivity contribution >= 4 is 12.0 Å². The molecule has 108 valence electrons. The molecule has 0 radical (unpaired) electrons. The van der Waals surface area contributed by atoms with Gasteiger partial charge in [-0.25, -0.2) is 4.79 Å². The Hall–Kier alpha value is -2.69. The minimum absolute atomic E-state index is 0.152. The summed E-state index contributed by atoms with van der Waals surface area (Å²) in [6.07, 6.45) is 6.07. The smallest absolute Gasteiger partial charge is 0.387 e. The molecule has 0 spiro atoms. The average molecular weight is 285 g/mol. The minimum atomic E-state index is -2.05. The zero-order valence-corrected chi connectivity index (χ0v) is 11.5. The molecule has 1 aromatic carbocycles. The summed E-state index contributed by atoms with van der Waals surface area (Å²) in [5.41, 5.74) is 0.710. The van der Waals surface area contributed by atoms with E-state index in [-0.39, 0.29) is 6.42 Å². The monoisotopic (exact) mass is 285 g/mol. The normalized spacial score (nSPS) is 21.8. The number of nitro groups is 1. The summed E-state index contributed by atoms with van der Waals surface area (Å²) in [5, 5.41) is 20.1. The second-order valence-corrected chi connectivity index (χ2v) is 4.92. The van der Waals surface area contributed by atoms with E-state index in [0.717, 1.165) is 22.8 Å². The van der Waals surface area contributed by atoms with Gasteiger partial charge in [-0.3, -0.25) is 10.1 Å². The maximum atomic E-state index is 11.1. The van der Waals surface area contributed by atoms with Crippen molar-refractivity contribution < 1.29 is 14.8 Å². The van der Waals surface area contributed by atoms with Crippen molar-refractivity contribution in [2.75, 3.05) is 0 Å². The molecule has 0 bridgehead atoms. The van der Waals surface area contributed by atoms with Gasteiger partial charge in [-0.2, -0.15) is 0 Å². The maximum Gasteiger partial charge on any atom is 0.387 e. The van der Waals surface area contributed by atoms with E-state index in [2.05, 4.69) is 0 Å². The van der Waals surface area contributed by atoms with Gasteiger partial charge in [0.25, 0.3) is 0 Å². The number of carbonyl (C=O) groups is 1. The number of hydrogen-bond acceptors (Lipinski definition) is 3. The first-order valence-corrected chi connectivity index (χ1v) is 6.47. The lowest BCUT2D eigenvalue weighted by molar-refractivity contribution is -0.540. The highest BCUT2D eigenvalue weighted by Gasteiger charge is 2.49. The predicted molar refractivity (Wildman–Crippen MR) is 79.3 cm³/mol. The van der Waals surface area contributed by atoms with Gasteiger partial charge in [0.15, 0.2) is 0 Å². The third-order valence-electron chi connectivity index (χ3n) is 3.51. The predicted octanol–water partition coefficient (Wildman–Crippen LogP) is 3.08. The van der Waals surface area contributed by atoms with E-state index in [1.54, 1.807) is 6.08 Å².